The van der Waals surface area contributed by atoms with Crippen LogP contribution in [0.5, 0.6) is 0 Å². The largest absolute Gasteiger partial charge is 0.481 e. The number of sulfonamides is 1. The summed E-state index contributed by atoms with van der Waals surface area (Å²) in [6.07, 6.45) is 6.89. The van der Waals surface area contributed by atoms with Crippen molar-refractivity contribution in [3.05, 3.63) is 59.7 Å². The summed E-state index contributed by atoms with van der Waals surface area (Å²) < 4.78 is 26.6. The number of carboxylic acid groups (broad SMARTS) is 1. The summed E-state index contributed by atoms with van der Waals surface area (Å²) in [6, 6.07) is 15.6. The summed E-state index contributed by atoms with van der Waals surface area (Å²) in [4.78, 5) is 12.5. The van der Waals surface area contributed by atoms with Gasteiger partial charge in [0.2, 0.25) is 10.0 Å². The zero-order valence-electron chi connectivity index (χ0n) is 19.6. The zero-order valence-corrected chi connectivity index (χ0v) is 20.4. The van der Waals surface area contributed by atoms with Gasteiger partial charge in [-0.25, -0.2) is 13.1 Å². The molecule has 1 fully saturated rings. The lowest BCUT2D eigenvalue weighted by atomic mass is 9.81. The Bertz CT molecular complexity index is 1020. The fraction of sp³-hybridized carbons (Fsp3) is 0.500. The molecule has 0 amide bonds. The molecule has 3 rings (SSSR count). The first kappa shape index (κ1) is 25.4. The predicted octanol–water partition coefficient (Wildman–Crippen LogP) is 4.31. The van der Waals surface area contributed by atoms with Crippen LogP contribution in [0.4, 0.5) is 0 Å². The fourth-order valence-corrected chi connectivity index (χ4v) is 5.71. The van der Waals surface area contributed by atoms with Crippen LogP contribution in [0.2, 0.25) is 0 Å². The highest BCUT2D eigenvalue weighted by molar-refractivity contribution is 7.88. The quantitative estimate of drug-likeness (QED) is 0.424. The van der Waals surface area contributed by atoms with Crippen LogP contribution in [-0.4, -0.2) is 44.4 Å². The molecule has 1 heterocycles. The average molecular weight is 473 g/mol. The van der Waals surface area contributed by atoms with E-state index in [0.717, 1.165) is 60.9 Å². The van der Waals surface area contributed by atoms with E-state index in [0.29, 0.717) is 12.8 Å². The Morgan fingerprint density at radius 2 is 1.91 bits per heavy atom. The Hall–Kier alpha value is -2.22. The van der Waals surface area contributed by atoms with E-state index >= 15 is 0 Å². The van der Waals surface area contributed by atoms with Crippen molar-refractivity contribution >= 4 is 16.0 Å². The highest BCUT2D eigenvalue weighted by atomic mass is 32.2. The molecule has 3 atom stereocenters. The summed E-state index contributed by atoms with van der Waals surface area (Å²) in [5, 5.41) is 13.7. The first-order valence-electron chi connectivity index (χ1n) is 11.9. The van der Waals surface area contributed by atoms with Crippen LogP contribution in [0.25, 0.3) is 11.1 Å². The van der Waals surface area contributed by atoms with Crippen molar-refractivity contribution in [2.24, 2.45) is 0 Å². The normalized spacial score (nSPS) is 19.8. The molecule has 1 aliphatic heterocycles. The molecule has 2 aromatic carbocycles. The van der Waals surface area contributed by atoms with Crippen LogP contribution in [0, 0.1) is 0 Å². The number of hydrogen-bond donors (Lipinski definition) is 3. The van der Waals surface area contributed by atoms with Crippen molar-refractivity contribution in [2.75, 3.05) is 12.8 Å². The van der Waals surface area contributed by atoms with Crippen LogP contribution < -0.4 is 10.0 Å². The van der Waals surface area contributed by atoms with E-state index < -0.39 is 21.9 Å². The van der Waals surface area contributed by atoms with Crippen molar-refractivity contribution in [3.8, 4) is 11.1 Å². The number of carboxylic acids is 1. The third-order valence-corrected chi connectivity index (χ3v) is 7.14. The molecule has 0 aromatic heterocycles. The SMILES string of the molecule is CCCCCC(C(=O)O)c1c(CC2NCCCC2NS(C)(=O)=O)cccc1-c1ccccc1. The minimum atomic E-state index is -3.34. The lowest BCUT2D eigenvalue weighted by Crippen LogP contribution is -2.54. The molecule has 0 aliphatic carbocycles. The fourth-order valence-electron chi connectivity index (χ4n) is 4.88. The van der Waals surface area contributed by atoms with Gasteiger partial charge in [0.15, 0.2) is 0 Å². The van der Waals surface area contributed by atoms with Crippen LogP contribution in [-0.2, 0) is 21.2 Å². The second-order valence-electron chi connectivity index (χ2n) is 9.03. The zero-order chi connectivity index (χ0) is 23.8. The van der Waals surface area contributed by atoms with Crippen molar-refractivity contribution in [1.29, 1.82) is 0 Å². The highest BCUT2D eigenvalue weighted by Gasteiger charge is 2.31. The second-order valence-corrected chi connectivity index (χ2v) is 10.8. The maximum atomic E-state index is 12.5. The summed E-state index contributed by atoms with van der Waals surface area (Å²) >= 11 is 0. The van der Waals surface area contributed by atoms with E-state index in [1.165, 1.54) is 6.26 Å². The lowest BCUT2D eigenvalue weighted by molar-refractivity contribution is -0.139. The number of benzene rings is 2. The van der Waals surface area contributed by atoms with Gasteiger partial charge in [0.05, 0.1) is 12.2 Å². The monoisotopic (exact) mass is 472 g/mol. The van der Waals surface area contributed by atoms with E-state index in [-0.39, 0.29) is 12.1 Å². The Balaban J connectivity index is 2.03. The summed E-state index contributed by atoms with van der Waals surface area (Å²) in [6.45, 7) is 2.93. The minimum absolute atomic E-state index is 0.0941. The van der Waals surface area contributed by atoms with Crippen molar-refractivity contribution in [3.63, 3.8) is 0 Å². The topological polar surface area (TPSA) is 95.5 Å². The first-order valence-corrected chi connectivity index (χ1v) is 13.8. The first-order chi connectivity index (χ1) is 15.8. The number of nitrogens with one attached hydrogen (secondary N) is 2. The molecular weight excluding hydrogens is 436 g/mol. The maximum absolute atomic E-state index is 12.5. The average Bonchev–Trinajstić information content (AvgIpc) is 2.78. The van der Waals surface area contributed by atoms with Gasteiger partial charge in [0.25, 0.3) is 0 Å². The van der Waals surface area contributed by atoms with Gasteiger partial charge in [-0.3, -0.25) is 4.79 Å². The molecule has 7 heteroatoms. The van der Waals surface area contributed by atoms with E-state index in [1.54, 1.807) is 0 Å². The van der Waals surface area contributed by atoms with Crippen LogP contribution in [0.3, 0.4) is 0 Å². The van der Waals surface area contributed by atoms with Gasteiger partial charge in [-0.1, -0.05) is 74.7 Å². The molecule has 180 valence electrons. The van der Waals surface area contributed by atoms with E-state index in [2.05, 4.69) is 17.0 Å². The second kappa shape index (κ2) is 11.8. The van der Waals surface area contributed by atoms with Gasteiger partial charge >= 0.3 is 5.97 Å². The summed E-state index contributed by atoms with van der Waals surface area (Å²) in [5.74, 6) is -1.41. The number of rotatable bonds is 11. The molecule has 0 bridgehead atoms. The minimum Gasteiger partial charge on any atom is -0.481 e. The van der Waals surface area contributed by atoms with Gasteiger partial charge < -0.3 is 10.4 Å². The van der Waals surface area contributed by atoms with Gasteiger partial charge in [-0.05, 0) is 54.5 Å². The summed E-state index contributed by atoms with van der Waals surface area (Å²) in [5.41, 5.74) is 3.77. The molecular formula is C26H36N2O4S. The molecule has 0 radical (unpaired) electrons. The molecule has 0 saturated carbocycles. The Kier molecular flexibility index (Phi) is 9.06. The van der Waals surface area contributed by atoms with Gasteiger partial charge in [0.1, 0.15) is 0 Å². The third-order valence-electron chi connectivity index (χ3n) is 6.41. The lowest BCUT2D eigenvalue weighted by Gasteiger charge is -2.34. The molecule has 1 aliphatic rings. The van der Waals surface area contributed by atoms with E-state index in [4.69, 9.17) is 0 Å². The predicted molar refractivity (Wildman–Crippen MR) is 133 cm³/mol. The number of piperidine rings is 1. The van der Waals surface area contributed by atoms with Crippen LogP contribution >= 0.6 is 0 Å². The highest BCUT2D eigenvalue weighted by Crippen LogP contribution is 2.36. The van der Waals surface area contributed by atoms with Crippen molar-refractivity contribution in [1.82, 2.24) is 10.0 Å². The standard InChI is InChI=1S/C26H36N2O4S/c1-3-4-6-14-22(26(29)30)25-20(13-9-15-21(25)19-11-7-5-8-12-19)18-24-23(16-10-17-27-24)28-33(2,31)32/h5,7-9,11-13,15,22-24,27-28H,3-4,6,10,14,16-18H2,1-2H3,(H,29,30). The van der Waals surface area contributed by atoms with Crippen molar-refractivity contribution < 1.29 is 18.3 Å². The van der Waals surface area contributed by atoms with Gasteiger partial charge in [-0.2, -0.15) is 0 Å². The third kappa shape index (κ3) is 7.13. The molecule has 2 aromatic rings. The Morgan fingerprint density at radius 3 is 2.58 bits per heavy atom. The molecule has 6 nitrogen and oxygen atoms in total. The molecule has 3 N–H and O–H groups in total. The molecule has 33 heavy (non-hydrogen) atoms. The van der Waals surface area contributed by atoms with Crippen molar-refractivity contribution in [2.45, 2.75) is 69.9 Å². The number of hydrogen-bond acceptors (Lipinski definition) is 4. The number of aliphatic carboxylic acids is 1. The van der Waals surface area contributed by atoms with Crippen LogP contribution in [0.1, 0.15) is 62.5 Å². The van der Waals surface area contributed by atoms with Crippen LogP contribution in [0.15, 0.2) is 48.5 Å². The van der Waals surface area contributed by atoms with Gasteiger partial charge in [-0.15, -0.1) is 0 Å². The Morgan fingerprint density at radius 1 is 1.15 bits per heavy atom. The molecule has 0 spiro atoms. The Labute approximate surface area is 197 Å². The molecule has 1 saturated heterocycles. The smallest absolute Gasteiger partial charge is 0.311 e. The van der Waals surface area contributed by atoms with E-state index in [1.807, 2.05) is 48.5 Å². The molecule has 3 unspecified atom stereocenters. The number of carbonyl (C=O) groups is 1. The van der Waals surface area contributed by atoms with Gasteiger partial charge in [0, 0.05) is 12.1 Å². The maximum Gasteiger partial charge on any atom is 0.311 e. The van der Waals surface area contributed by atoms with E-state index in [9.17, 15) is 18.3 Å². The summed E-state index contributed by atoms with van der Waals surface area (Å²) in [7, 11) is -3.34. The number of unbranched alkanes of at least 4 members (excludes halogenated alkanes) is 2.